The summed E-state index contributed by atoms with van der Waals surface area (Å²) in [6.45, 7) is 2.24. The number of carbonyl (C=O) groups is 3. The van der Waals surface area contributed by atoms with E-state index in [0.717, 1.165) is 38.9 Å². The van der Waals surface area contributed by atoms with Gasteiger partial charge in [-0.1, -0.05) is 110 Å². The summed E-state index contributed by atoms with van der Waals surface area (Å²) in [5.74, 6) is -1.08. The van der Waals surface area contributed by atoms with E-state index in [9.17, 15) is 24.6 Å². The average molecular weight is 761 g/mol. The highest BCUT2D eigenvalue weighted by molar-refractivity contribution is 7.99. The van der Waals surface area contributed by atoms with Gasteiger partial charge in [0.05, 0.1) is 31.5 Å². The number of ether oxygens (including phenoxy) is 3. The Hall–Kier alpha value is -5.46. The molecule has 1 aliphatic rings. The molecule has 55 heavy (non-hydrogen) atoms. The maximum atomic E-state index is 12.9. The molecule has 0 bridgehead atoms. The minimum atomic E-state index is -0.977. The SMILES string of the molecule is COC(=O)[C@H](Cc1ccccc1)NC(=O)NCc1cccc(-c2cccc([C@H]3O[C@@H](CSc4ccccc4C(=O)O)[C@@H](C)[C@@H](c4ccc(CO)cc4)O3)c2)c1. The van der Waals surface area contributed by atoms with Crippen LogP contribution in [0.2, 0.25) is 0 Å². The Labute approximate surface area is 324 Å². The van der Waals surface area contributed by atoms with Gasteiger partial charge in [0.15, 0.2) is 6.29 Å². The number of aliphatic hydroxyl groups is 1. The van der Waals surface area contributed by atoms with Crippen molar-refractivity contribution in [3.8, 4) is 11.1 Å². The highest BCUT2D eigenvalue weighted by atomic mass is 32.2. The van der Waals surface area contributed by atoms with Crippen molar-refractivity contribution in [1.29, 1.82) is 0 Å². The van der Waals surface area contributed by atoms with E-state index in [4.69, 9.17) is 14.2 Å². The molecule has 0 saturated carbocycles. The predicted octanol–water partition coefficient (Wildman–Crippen LogP) is 7.71. The van der Waals surface area contributed by atoms with Crippen molar-refractivity contribution < 1.29 is 38.8 Å². The summed E-state index contributed by atoms with van der Waals surface area (Å²) >= 11 is 1.45. The quantitative estimate of drug-likeness (QED) is 0.0661. The van der Waals surface area contributed by atoms with Gasteiger partial charge >= 0.3 is 18.0 Å². The normalized spacial score (nSPS) is 18.5. The molecule has 2 amide bonds. The van der Waals surface area contributed by atoms with E-state index >= 15 is 0 Å². The van der Waals surface area contributed by atoms with E-state index in [2.05, 4.69) is 17.6 Å². The highest BCUT2D eigenvalue weighted by Crippen LogP contribution is 2.43. The van der Waals surface area contributed by atoms with E-state index in [-0.39, 0.29) is 36.8 Å². The van der Waals surface area contributed by atoms with Crippen LogP contribution in [-0.2, 0) is 38.6 Å². The molecule has 1 aliphatic heterocycles. The van der Waals surface area contributed by atoms with Crippen LogP contribution in [0.3, 0.4) is 0 Å². The third-order valence-electron chi connectivity index (χ3n) is 9.59. The molecule has 5 atom stereocenters. The molecule has 1 heterocycles. The van der Waals surface area contributed by atoms with Crippen molar-refractivity contribution >= 4 is 29.7 Å². The standard InChI is InChI=1S/C44H44N2O8S/c1-28-38(27-55-39-17-7-6-16-36(39)41(48)49)53-43(54-40(28)32-20-18-30(26-47)19-21-32)35-15-9-14-34(24-35)33-13-8-12-31(22-33)25-45-44(51)46-37(42(50)52-2)23-29-10-4-3-5-11-29/h3-22,24,28,37-38,40,43,47H,23,25-27H2,1-2H3,(H,48,49)(H2,45,46,51)/t28-,37+,38+,40+,43+/m1/s1. The van der Waals surface area contributed by atoms with Gasteiger partial charge in [-0.15, -0.1) is 11.8 Å². The fourth-order valence-corrected chi connectivity index (χ4v) is 7.77. The van der Waals surface area contributed by atoms with Crippen molar-refractivity contribution in [2.45, 2.75) is 55.9 Å². The second-order valence-corrected chi connectivity index (χ2v) is 14.4. The van der Waals surface area contributed by atoms with Crippen LogP contribution in [0.25, 0.3) is 11.1 Å². The minimum Gasteiger partial charge on any atom is -0.478 e. The lowest BCUT2D eigenvalue weighted by Gasteiger charge is -2.41. The average Bonchev–Trinajstić information content (AvgIpc) is 3.22. The molecular formula is C44H44N2O8S. The van der Waals surface area contributed by atoms with Crippen molar-refractivity contribution in [1.82, 2.24) is 10.6 Å². The first-order valence-electron chi connectivity index (χ1n) is 18.0. The molecule has 0 spiro atoms. The zero-order valence-corrected chi connectivity index (χ0v) is 31.4. The fraction of sp³-hybridized carbons (Fsp3) is 0.250. The van der Waals surface area contributed by atoms with Gasteiger partial charge in [-0.25, -0.2) is 14.4 Å². The van der Waals surface area contributed by atoms with Crippen molar-refractivity contribution in [2.24, 2.45) is 5.92 Å². The molecule has 11 heteroatoms. The van der Waals surface area contributed by atoms with Crippen LogP contribution in [0, 0.1) is 5.92 Å². The number of hydrogen-bond donors (Lipinski definition) is 4. The molecule has 6 rings (SSSR count). The number of thioether (sulfide) groups is 1. The Balaban J connectivity index is 1.17. The Morgan fingerprint density at radius 1 is 0.782 bits per heavy atom. The number of hydrogen-bond acceptors (Lipinski definition) is 8. The van der Waals surface area contributed by atoms with Crippen LogP contribution in [0.4, 0.5) is 4.79 Å². The van der Waals surface area contributed by atoms with Crippen molar-refractivity contribution in [3.63, 3.8) is 0 Å². The van der Waals surface area contributed by atoms with Gasteiger partial charge in [0.2, 0.25) is 0 Å². The first kappa shape index (κ1) is 39.2. The van der Waals surface area contributed by atoms with Crippen LogP contribution >= 0.6 is 11.8 Å². The molecule has 5 aromatic rings. The first-order valence-corrected chi connectivity index (χ1v) is 19.0. The van der Waals surface area contributed by atoms with Gasteiger partial charge in [0.25, 0.3) is 0 Å². The van der Waals surface area contributed by atoms with Gasteiger partial charge in [-0.3, -0.25) is 0 Å². The van der Waals surface area contributed by atoms with Gasteiger partial charge in [0.1, 0.15) is 6.04 Å². The number of aliphatic hydroxyl groups excluding tert-OH is 1. The summed E-state index contributed by atoms with van der Waals surface area (Å²) in [7, 11) is 1.30. The second-order valence-electron chi connectivity index (χ2n) is 13.4. The molecule has 0 aromatic heterocycles. The lowest BCUT2D eigenvalue weighted by atomic mass is 9.91. The Kier molecular flexibility index (Phi) is 13.4. The highest BCUT2D eigenvalue weighted by Gasteiger charge is 2.38. The van der Waals surface area contributed by atoms with Crippen molar-refractivity contribution in [2.75, 3.05) is 12.9 Å². The largest absolute Gasteiger partial charge is 0.478 e. The van der Waals surface area contributed by atoms with E-state index in [1.54, 1.807) is 12.1 Å². The topological polar surface area (TPSA) is 143 Å². The number of carboxylic acids is 1. The third-order valence-corrected chi connectivity index (χ3v) is 10.8. The summed E-state index contributed by atoms with van der Waals surface area (Å²) < 4.78 is 18.3. The molecule has 10 nitrogen and oxygen atoms in total. The maximum Gasteiger partial charge on any atom is 0.336 e. The van der Waals surface area contributed by atoms with E-state index in [1.807, 2.05) is 115 Å². The predicted molar refractivity (Wildman–Crippen MR) is 210 cm³/mol. The number of aromatic carboxylic acids is 1. The molecule has 1 fully saturated rings. The summed E-state index contributed by atoms with van der Waals surface area (Å²) in [4.78, 5) is 37.9. The number of urea groups is 1. The van der Waals surface area contributed by atoms with E-state index in [0.29, 0.717) is 17.1 Å². The molecular weight excluding hydrogens is 717 g/mol. The lowest BCUT2D eigenvalue weighted by molar-refractivity contribution is -0.268. The Morgan fingerprint density at radius 2 is 1.47 bits per heavy atom. The molecule has 0 aliphatic carbocycles. The van der Waals surface area contributed by atoms with E-state index < -0.39 is 30.3 Å². The Bertz CT molecular complexity index is 2080. The summed E-state index contributed by atoms with van der Waals surface area (Å²) in [5, 5.41) is 25.0. The number of carbonyl (C=O) groups excluding carboxylic acids is 2. The number of methoxy groups -OCH3 is 1. The molecule has 1 saturated heterocycles. The Morgan fingerprint density at radius 3 is 2.20 bits per heavy atom. The number of carboxylic acid groups (broad SMARTS) is 1. The van der Waals surface area contributed by atoms with Crippen LogP contribution < -0.4 is 10.6 Å². The monoisotopic (exact) mass is 760 g/mol. The summed E-state index contributed by atoms with van der Waals surface area (Å²) in [6.07, 6.45) is -1.03. The number of rotatable bonds is 14. The molecule has 0 unspecified atom stereocenters. The van der Waals surface area contributed by atoms with Gasteiger partial charge in [0, 0.05) is 35.1 Å². The number of nitrogens with one attached hydrogen (secondary N) is 2. The minimum absolute atomic E-state index is 0.0583. The van der Waals surface area contributed by atoms with Gasteiger partial charge in [-0.05, 0) is 57.6 Å². The molecule has 284 valence electrons. The summed E-state index contributed by atoms with van der Waals surface area (Å²) in [6, 6.07) is 38.5. The summed E-state index contributed by atoms with van der Waals surface area (Å²) in [5.41, 5.74) is 6.43. The smallest absolute Gasteiger partial charge is 0.336 e. The zero-order chi connectivity index (χ0) is 38.7. The number of benzene rings is 5. The number of amides is 2. The fourth-order valence-electron chi connectivity index (χ4n) is 6.55. The van der Waals surface area contributed by atoms with E-state index in [1.165, 1.54) is 18.9 Å². The van der Waals surface area contributed by atoms with Crippen molar-refractivity contribution in [3.05, 3.63) is 161 Å². The second kappa shape index (κ2) is 18.7. The van der Waals surface area contributed by atoms with Crippen LogP contribution in [0.1, 0.15) is 57.5 Å². The van der Waals surface area contributed by atoms with Gasteiger partial charge in [-0.2, -0.15) is 0 Å². The third kappa shape index (κ3) is 10.2. The molecule has 4 N–H and O–H groups in total. The van der Waals surface area contributed by atoms with Crippen LogP contribution in [0.15, 0.2) is 132 Å². The maximum absolute atomic E-state index is 12.9. The zero-order valence-electron chi connectivity index (χ0n) is 30.6. The van der Waals surface area contributed by atoms with Crippen LogP contribution in [0.5, 0.6) is 0 Å². The molecule has 0 radical (unpaired) electrons. The van der Waals surface area contributed by atoms with Crippen LogP contribution in [-0.4, -0.2) is 53.2 Å². The number of esters is 1. The van der Waals surface area contributed by atoms with Gasteiger partial charge < -0.3 is 35.1 Å². The first-order chi connectivity index (χ1) is 26.7. The molecule has 5 aromatic carbocycles. The lowest BCUT2D eigenvalue weighted by Crippen LogP contribution is -2.47.